The van der Waals surface area contributed by atoms with Crippen LogP contribution >= 0.6 is 11.6 Å². The molecule has 188 valence electrons. The fourth-order valence-corrected chi connectivity index (χ4v) is 4.61. The van der Waals surface area contributed by atoms with E-state index >= 15 is 0 Å². The smallest absolute Gasteiger partial charge is 0.226 e. The second-order valence-corrected chi connectivity index (χ2v) is 10.0. The van der Waals surface area contributed by atoms with E-state index < -0.39 is 0 Å². The van der Waals surface area contributed by atoms with Crippen LogP contribution in [-0.4, -0.2) is 58.8 Å². The molecule has 12 heteroatoms. The summed E-state index contributed by atoms with van der Waals surface area (Å²) in [6.45, 7) is 5.42. The minimum absolute atomic E-state index is 0.257. The number of fused-ring (bicyclic) bond motifs is 2. The summed E-state index contributed by atoms with van der Waals surface area (Å²) in [6.07, 6.45) is 6.71. The summed E-state index contributed by atoms with van der Waals surface area (Å²) in [5.41, 5.74) is 2.34. The Balaban J connectivity index is 1.25. The monoisotopic (exact) mass is 517 g/mol. The van der Waals surface area contributed by atoms with Gasteiger partial charge in [-0.05, 0) is 30.7 Å². The number of benzene rings is 1. The van der Waals surface area contributed by atoms with Gasteiger partial charge in [0.2, 0.25) is 5.95 Å². The Morgan fingerprint density at radius 2 is 2.00 bits per heavy atom. The van der Waals surface area contributed by atoms with E-state index in [9.17, 15) is 5.11 Å². The van der Waals surface area contributed by atoms with Crippen LogP contribution < -0.4 is 15.0 Å². The molecule has 5 heterocycles. The Labute approximate surface area is 217 Å². The third kappa shape index (κ3) is 4.58. The molecular weight excluding hydrogens is 494 g/mol. The molecule has 1 atom stereocenters. The van der Waals surface area contributed by atoms with Crippen LogP contribution in [0.3, 0.4) is 0 Å². The van der Waals surface area contributed by atoms with E-state index in [-0.39, 0.29) is 11.5 Å². The molecule has 2 N–H and O–H groups in total. The Kier molecular flexibility index (Phi) is 5.73. The summed E-state index contributed by atoms with van der Waals surface area (Å²) in [5.74, 6) is 2.22. The van der Waals surface area contributed by atoms with Crippen molar-refractivity contribution in [2.75, 3.05) is 23.3 Å². The molecule has 5 aromatic rings. The van der Waals surface area contributed by atoms with E-state index in [2.05, 4.69) is 35.3 Å². The number of aromatic nitrogens is 7. The molecule has 1 aliphatic heterocycles. The first-order valence-corrected chi connectivity index (χ1v) is 12.2. The summed E-state index contributed by atoms with van der Waals surface area (Å²) >= 11 is 6.54. The van der Waals surface area contributed by atoms with E-state index in [1.807, 2.05) is 19.9 Å². The van der Waals surface area contributed by atoms with Gasteiger partial charge in [0.25, 0.3) is 0 Å². The molecule has 1 saturated heterocycles. The highest BCUT2D eigenvalue weighted by Crippen LogP contribution is 2.34. The molecule has 0 amide bonds. The average Bonchev–Trinajstić information content (AvgIpc) is 3.35. The highest BCUT2D eigenvalue weighted by molar-refractivity contribution is 6.32. The summed E-state index contributed by atoms with van der Waals surface area (Å²) in [5, 5.41) is 18.1. The van der Waals surface area contributed by atoms with Gasteiger partial charge in [-0.1, -0.05) is 25.4 Å². The molecule has 4 aromatic heterocycles. The third-order valence-corrected chi connectivity index (χ3v) is 6.79. The Bertz CT molecular complexity index is 1610. The van der Waals surface area contributed by atoms with Crippen molar-refractivity contribution in [2.45, 2.75) is 26.4 Å². The highest BCUT2D eigenvalue weighted by Gasteiger charge is 2.35. The molecule has 0 bridgehead atoms. The van der Waals surface area contributed by atoms with Crippen LogP contribution in [-0.2, 0) is 0 Å². The van der Waals surface area contributed by atoms with Crippen molar-refractivity contribution in [3.63, 3.8) is 0 Å². The highest BCUT2D eigenvalue weighted by atomic mass is 35.5. The van der Waals surface area contributed by atoms with Gasteiger partial charge in [-0.25, -0.2) is 29.4 Å². The number of aliphatic hydroxyl groups excluding tert-OH is 1. The van der Waals surface area contributed by atoms with Crippen LogP contribution in [0.1, 0.15) is 20.3 Å². The lowest BCUT2D eigenvalue weighted by molar-refractivity contribution is 0.0332. The van der Waals surface area contributed by atoms with Gasteiger partial charge in [0, 0.05) is 36.5 Å². The van der Waals surface area contributed by atoms with Crippen molar-refractivity contribution in [1.29, 1.82) is 0 Å². The number of piperidine rings is 1. The number of nitrogens with one attached hydrogen (secondary N) is 1. The first kappa shape index (κ1) is 23.3. The van der Waals surface area contributed by atoms with E-state index in [4.69, 9.17) is 21.3 Å². The molecule has 6 rings (SSSR count). The average molecular weight is 518 g/mol. The fourth-order valence-electron chi connectivity index (χ4n) is 4.39. The van der Waals surface area contributed by atoms with Gasteiger partial charge in [0.1, 0.15) is 35.2 Å². The Hall–Kier alpha value is -4.09. The van der Waals surface area contributed by atoms with Crippen LogP contribution in [0.15, 0.2) is 55.4 Å². The molecule has 1 aliphatic rings. The lowest BCUT2D eigenvalue weighted by Gasteiger charge is -2.41. The maximum atomic E-state index is 10.3. The van der Waals surface area contributed by atoms with Crippen molar-refractivity contribution in [3.8, 4) is 11.5 Å². The molecule has 37 heavy (non-hydrogen) atoms. The second-order valence-electron chi connectivity index (χ2n) is 9.64. The second kappa shape index (κ2) is 9.09. The summed E-state index contributed by atoms with van der Waals surface area (Å²) < 4.78 is 7.61. The van der Waals surface area contributed by atoms with Crippen LogP contribution in [0.5, 0.6) is 11.5 Å². The van der Waals surface area contributed by atoms with Gasteiger partial charge in [-0.15, -0.1) is 0 Å². The first-order chi connectivity index (χ1) is 17.9. The quantitative estimate of drug-likeness (QED) is 0.349. The molecule has 0 unspecified atom stereocenters. The maximum absolute atomic E-state index is 10.3. The van der Waals surface area contributed by atoms with E-state index in [1.54, 1.807) is 41.2 Å². The van der Waals surface area contributed by atoms with Crippen LogP contribution in [0, 0.1) is 5.41 Å². The largest absolute Gasteiger partial charge is 0.456 e. The minimum atomic E-state index is -0.355. The van der Waals surface area contributed by atoms with Gasteiger partial charge in [0.05, 0.1) is 17.3 Å². The normalized spacial score (nSPS) is 17.3. The molecule has 11 nitrogen and oxygen atoms in total. The minimum Gasteiger partial charge on any atom is -0.456 e. The van der Waals surface area contributed by atoms with Crippen molar-refractivity contribution >= 4 is 45.7 Å². The third-order valence-electron chi connectivity index (χ3n) is 6.49. The van der Waals surface area contributed by atoms with E-state index in [0.717, 1.165) is 0 Å². The summed E-state index contributed by atoms with van der Waals surface area (Å²) in [6, 6.07) is 8.96. The van der Waals surface area contributed by atoms with Crippen LogP contribution in [0.4, 0.5) is 17.5 Å². The van der Waals surface area contributed by atoms with E-state index in [0.29, 0.717) is 70.2 Å². The van der Waals surface area contributed by atoms with Crippen molar-refractivity contribution in [2.24, 2.45) is 5.41 Å². The molecule has 1 aromatic carbocycles. The van der Waals surface area contributed by atoms with Crippen molar-refractivity contribution < 1.29 is 9.84 Å². The van der Waals surface area contributed by atoms with Crippen LogP contribution in [0.25, 0.3) is 16.7 Å². The fraction of sp³-hybridized carbons (Fsp3) is 0.280. The molecule has 0 spiro atoms. The van der Waals surface area contributed by atoms with Gasteiger partial charge in [0.15, 0.2) is 11.5 Å². The maximum Gasteiger partial charge on any atom is 0.226 e. The van der Waals surface area contributed by atoms with Gasteiger partial charge in [-0.2, -0.15) is 5.10 Å². The van der Waals surface area contributed by atoms with Crippen molar-refractivity contribution in [1.82, 2.24) is 34.5 Å². The lowest BCUT2D eigenvalue weighted by Crippen LogP contribution is -2.49. The number of anilines is 3. The molecular formula is C25H24ClN9O2. The van der Waals surface area contributed by atoms with Gasteiger partial charge < -0.3 is 20.1 Å². The molecule has 0 aliphatic carbocycles. The first-order valence-electron chi connectivity index (χ1n) is 11.8. The predicted octanol–water partition coefficient (Wildman–Crippen LogP) is 4.25. The zero-order valence-electron chi connectivity index (χ0n) is 20.2. The number of pyridine rings is 1. The number of hydrogen-bond donors (Lipinski definition) is 2. The number of hydrogen-bond acceptors (Lipinski definition) is 10. The molecule has 0 radical (unpaired) electrons. The number of ether oxygens (including phenoxy) is 1. The Morgan fingerprint density at radius 3 is 2.84 bits per heavy atom. The zero-order chi connectivity index (χ0) is 25.6. The SMILES string of the molecule is CC1(C)CN(c2ncc3ncnc(Nc4ccc(Oc5ccn6ncnc6c5)c(Cl)c4)c3n2)CC[C@@H]1O. The lowest BCUT2D eigenvalue weighted by atomic mass is 9.81. The Morgan fingerprint density at radius 1 is 1.11 bits per heavy atom. The summed E-state index contributed by atoms with van der Waals surface area (Å²) in [7, 11) is 0. The number of rotatable bonds is 5. The number of halogens is 1. The van der Waals surface area contributed by atoms with Crippen LogP contribution in [0.2, 0.25) is 5.02 Å². The zero-order valence-corrected chi connectivity index (χ0v) is 21.0. The number of nitrogens with zero attached hydrogens (tertiary/aromatic N) is 8. The van der Waals surface area contributed by atoms with Crippen molar-refractivity contribution in [3.05, 3.63) is 60.4 Å². The standard InChI is InChI=1S/C25H24ClN9O2/c1-25(2)12-34(7-6-20(25)36)24-27-11-18-22(33-24)23(30-13-28-18)32-15-3-4-19(17(26)9-15)37-16-5-8-35-21(10-16)29-14-31-35/h3-5,8-11,13-14,20,36H,6-7,12H2,1-2H3,(H,28,30,32)/t20-/m0/s1. The van der Waals surface area contributed by atoms with Gasteiger partial charge in [-0.3, -0.25) is 0 Å². The summed E-state index contributed by atoms with van der Waals surface area (Å²) in [4.78, 5) is 24.3. The molecule has 0 saturated carbocycles. The number of aliphatic hydroxyl groups is 1. The van der Waals surface area contributed by atoms with Gasteiger partial charge >= 0.3 is 0 Å². The topological polar surface area (TPSA) is 126 Å². The molecule has 1 fully saturated rings. The predicted molar refractivity (Wildman–Crippen MR) is 140 cm³/mol. The van der Waals surface area contributed by atoms with E-state index in [1.165, 1.54) is 12.7 Å².